The molecule has 23 heteroatoms. The first-order valence-electron chi connectivity index (χ1n) is 28.5. The number of hydrogen-bond donors (Lipinski definition) is 2. The van der Waals surface area contributed by atoms with Crippen molar-refractivity contribution in [2.45, 2.75) is 53.8 Å². The first kappa shape index (κ1) is 51.2. The molecule has 2 N–H and O–H groups in total. The standard InChI is InChI=1S/2C12H11ClO3.2C7H5ClO.3C5H8O3.2CH4O/c2*1-8(14)10(12(15)16-2)7-9-5-3-4-6-11(9)13;2*8-7-4-2-1-3-6(7)5-9;3*1-4(6)3-5(7)8-2;2*1-2/h2*3-7H,1-2H3;2*1-5H;3*3H2,1-2H3;2*2H,1H3/i;;1D,2D,3D,4D,5D;5D;1D3,3D2;2D3;;2*2D. The SMILES string of the molecule is COC(=O)C(=Cc1ccccc1Cl)C(C)=O.COC(=O)C(=Cc1ccccc1Cl)C(C)=O.COC(=O)CC(C)=O.[2H]C(=O)c1c([2H])c([2H])c([2H])c([2H])c1Cl.[2H]C(=O)c1ccccc1Cl.[2H]C([2H])([2H])C(=O)C([2H])([2H])C(=O)OC.[2H]C([2H])([2H])OC(=O)CC(C)=O.[2H]OC.[2H]OC. The molecule has 0 heterocycles. The van der Waals surface area contributed by atoms with Crippen LogP contribution in [0.3, 0.4) is 0 Å². The molecule has 0 unspecified atom stereocenters. The second-order valence-corrected chi connectivity index (χ2v) is 14.5. The van der Waals surface area contributed by atoms with Gasteiger partial charge in [-0.15, -0.1) is 0 Å². The Morgan fingerprint density at radius 3 is 1.14 bits per heavy atom. The third kappa shape index (κ3) is 41.7. The molecule has 4 aromatic rings. The van der Waals surface area contributed by atoms with Crippen molar-refractivity contribution in [2.24, 2.45) is 0 Å². The number of hydrogen-bond acceptors (Lipinski definition) is 19. The average Bonchev–Trinajstić information content (AvgIpc) is 0.805. The number of benzene rings is 4. The molecule has 0 fully saturated rings. The number of ether oxygens (including phenoxy) is 5. The highest BCUT2D eigenvalue weighted by atomic mass is 35.5. The number of rotatable bonds is 14. The van der Waals surface area contributed by atoms with E-state index < -0.39 is 115 Å². The zero-order valence-electron chi connectivity index (χ0n) is 59.3. The van der Waals surface area contributed by atoms with Crippen LogP contribution < -0.4 is 0 Å². The normalized spacial score (nSPS) is 12.7. The predicted molar refractivity (Wildman–Crippen MR) is 296 cm³/mol. The van der Waals surface area contributed by atoms with Gasteiger partial charge in [0.2, 0.25) is 2.86 Å². The molecule has 0 radical (unpaired) electrons. The molecule has 0 aliphatic rings. The minimum absolute atomic E-state index is 0.0180. The van der Waals surface area contributed by atoms with Gasteiger partial charge in [-0.25, -0.2) is 9.59 Å². The molecule has 0 bridgehead atoms. The molecule has 78 heavy (non-hydrogen) atoms. The number of methoxy groups -OCH3 is 5. The Hall–Kier alpha value is -7.52. The molecule has 19 nitrogen and oxygen atoms in total. The lowest BCUT2D eigenvalue weighted by atomic mass is 10.1. The molecular formula is C55H64Cl4O19. The fraction of sp³-hybridized carbons (Fsp3) is 0.273. The Kier molecular flexibility index (Phi) is 33.1. The van der Waals surface area contributed by atoms with Gasteiger partial charge in [0.15, 0.2) is 24.1 Å². The summed E-state index contributed by atoms with van der Waals surface area (Å²) in [4.78, 5) is 129. The molecule has 0 aliphatic carbocycles. The number of esters is 5. The summed E-state index contributed by atoms with van der Waals surface area (Å²) in [6, 6.07) is 18.2. The Bertz CT molecular complexity index is 3190. The van der Waals surface area contributed by atoms with E-state index in [0.29, 0.717) is 26.2 Å². The number of halogens is 4. The number of aliphatic hydroxyl groups excluding tert-OH is 2. The van der Waals surface area contributed by atoms with Gasteiger partial charge in [-0.3, -0.25) is 47.9 Å². The molecule has 4 rings (SSSR count). The van der Waals surface area contributed by atoms with Crippen molar-refractivity contribution in [3.63, 3.8) is 0 Å². The molecule has 0 amide bonds. The lowest BCUT2D eigenvalue weighted by Gasteiger charge is -2.02. The quantitative estimate of drug-likeness (QED) is 0.0297. The van der Waals surface area contributed by atoms with Crippen LogP contribution in [-0.2, 0) is 71.6 Å². The largest absolute Gasteiger partial charge is 0.469 e. The van der Waals surface area contributed by atoms with Crippen molar-refractivity contribution >= 4 is 130 Å². The summed E-state index contributed by atoms with van der Waals surface area (Å²) in [6.07, 6.45) is -2.82. The summed E-state index contributed by atoms with van der Waals surface area (Å²) >= 11 is 22.9. The maximum Gasteiger partial charge on any atom is 0.341 e. The van der Waals surface area contributed by atoms with E-state index in [4.69, 9.17) is 68.5 Å². The Labute approximate surface area is 496 Å². The Morgan fingerprint density at radius 2 is 0.872 bits per heavy atom. The summed E-state index contributed by atoms with van der Waals surface area (Å²) in [5.74, 6) is -7.38. The van der Waals surface area contributed by atoms with Crippen molar-refractivity contribution in [3.8, 4) is 0 Å². The highest BCUT2D eigenvalue weighted by molar-refractivity contribution is 6.34. The van der Waals surface area contributed by atoms with E-state index in [-0.39, 0.29) is 40.5 Å². The lowest BCUT2D eigenvalue weighted by molar-refractivity contribution is -0.144. The third-order valence-electron chi connectivity index (χ3n) is 7.24. The summed E-state index contributed by atoms with van der Waals surface area (Å²) < 4.78 is 128. The number of aldehydes is 2. The number of aliphatic hydroxyl groups is 2. The monoisotopic (exact) mass is 1180 g/mol. The summed E-state index contributed by atoms with van der Waals surface area (Å²) in [7, 11) is 4.42. The minimum Gasteiger partial charge on any atom is -0.469 e. The van der Waals surface area contributed by atoms with Crippen molar-refractivity contribution < 1.29 is 111 Å². The second kappa shape index (κ2) is 50.3. The zero-order chi connectivity index (χ0) is 74.8. The van der Waals surface area contributed by atoms with Gasteiger partial charge in [0, 0.05) is 42.2 Å². The maximum atomic E-state index is 11.3. The second-order valence-electron chi connectivity index (χ2n) is 12.9. The third-order valence-corrected chi connectivity index (χ3v) is 8.54. The summed E-state index contributed by atoms with van der Waals surface area (Å²) in [5, 5.41) is 7.88. The molecule has 426 valence electrons. The Balaban J connectivity index is -0.000000326. The van der Waals surface area contributed by atoms with Crippen LogP contribution >= 0.6 is 46.4 Å². The molecule has 0 spiro atoms. The molecule has 0 saturated carbocycles. The first-order valence-corrected chi connectivity index (χ1v) is 22.2. The zero-order valence-corrected chi connectivity index (χ0v) is 46.3. The highest BCUT2D eigenvalue weighted by Gasteiger charge is 2.16. The van der Waals surface area contributed by atoms with E-state index in [0.717, 1.165) is 7.11 Å². The fourth-order valence-electron chi connectivity index (χ4n) is 3.89. The highest BCUT2D eigenvalue weighted by Crippen LogP contribution is 2.20. The Morgan fingerprint density at radius 1 is 0.526 bits per heavy atom. The minimum atomic E-state index is -3.14. The number of ketones is 5. The topological polar surface area (TPSA) is 291 Å². The summed E-state index contributed by atoms with van der Waals surface area (Å²) in [5.41, 5.74) is 0.951. The van der Waals surface area contributed by atoms with Crippen LogP contribution in [0.15, 0.2) is 108 Å². The molecule has 4 aromatic carbocycles. The molecular weight excluding hydrogens is 1110 g/mol. The van der Waals surface area contributed by atoms with E-state index in [2.05, 4.69) is 33.9 Å². The van der Waals surface area contributed by atoms with Crippen molar-refractivity contribution in [1.82, 2.24) is 0 Å². The van der Waals surface area contributed by atoms with Gasteiger partial charge in [-0.2, -0.15) is 0 Å². The van der Waals surface area contributed by atoms with Gasteiger partial charge < -0.3 is 33.9 Å². The number of carbonyl (C=O) groups is 12. The fourth-order valence-corrected chi connectivity index (χ4v) is 4.58. The summed E-state index contributed by atoms with van der Waals surface area (Å²) in [6.45, 7) is 1.99. The molecule has 0 aliphatic heterocycles. The number of Topliss-reactive ketones (excluding diaryl/α,β-unsaturated/α-hetero) is 5. The molecule has 0 saturated heterocycles. The van der Waals surface area contributed by atoms with Crippen LogP contribution in [-0.4, -0.2) is 134 Å². The molecule has 0 aromatic heterocycles. The van der Waals surface area contributed by atoms with E-state index in [1.54, 1.807) is 66.7 Å². The first-order chi connectivity index (χ1) is 43.1. The van der Waals surface area contributed by atoms with Crippen LogP contribution in [0.5, 0.6) is 0 Å². The van der Waals surface area contributed by atoms with E-state index >= 15 is 0 Å². The van der Waals surface area contributed by atoms with Crippen LogP contribution in [0.25, 0.3) is 12.2 Å². The van der Waals surface area contributed by atoms with E-state index in [1.165, 1.54) is 81.5 Å². The van der Waals surface area contributed by atoms with Crippen molar-refractivity contribution in [1.29, 1.82) is 2.86 Å². The van der Waals surface area contributed by atoms with Crippen LogP contribution in [0.2, 0.25) is 20.1 Å². The van der Waals surface area contributed by atoms with Crippen molar-refractivity contribution in [2.75, 3.05) is 49.7 Å². The van der Waals surface area contributed by atoms with Crippen molar-refractivity contribution in [3.05, 3.63) is 150 Å². The smallest absolute Gasteiger partial charge is 0.341 e. The van der Waals surface area contributed by atoms with Gasteiger partial charge in [0.05, 0.1) is 55.1 Å². The van der Waals surface area contributed by atoms with Gasteiger partial charge in [-0.05, 0) is 82.1 Å². The van der Waals surface area contributed by atoms with Gasteiger partial charge in [-0.1, -0.05) is 119 Å². The van der Waals surface area contributed by atoms with Gasteiger partial charge in [0.1, 0.15) is 50.5 Å². The van der Waals surface area contributed by atoms with E-state index in [9.17, 15) is 57.5 Å². The number of carbonyl (C=O) groups excluding carboxylic acids is 12. The van der Waals surface area contributed by atoms with Crippen LogP contribution in [0, 0.1) is 0 Å². The lowest BCUT2D eigenvalue weighted by Crippen LogP contribution is -2.11. The maximum absolute atomic E-state index is 11.3. The molecule has 0 atom stereocenters. The van der Waals surface area contributed by atoms with Gasteiger partial charge in [0.25, 0.3) is 0 Å². The van der Waals surface area contributed by atoms with Crippen LogP contribution in [0.1, 0.15) is 105 Å². The average molecular weight is 1190 g/mol. The van der Waals surface area contributed by atoms with Gasteiger partial charge >= 0.3 is 29.8 Å². The predicted octanol–water partition coefficient (Wildman–Crippen LogP) is 8.91. The van der Waals surface area contributed by atoms with E-state index in [1.807, 2.05) is 0 Å². The van der Waals surface area contributed by atoms with Crippen LogP contribution in [0.4, 0.5) is 0 Å².